The average Bonchev–Trinajstić information content (AvgIpc) is 2.69. The molecule has 0 radical (unpaired) electrons. The first-order valence-electron chi connectivity index (χ1n) is 6.20. The first kappa shape index (κ1) is 12.8. The van der Waals surface area contributed by atoms with Crippen molar-refractivity contribution in [1.82, 2.24) is 15.5 Å². The number of hydrogen-bond acceptors (Lipinski definition) is 4. The van der Waals surface area contributed by atoms with Crippen molar-refractivity contribution in [3.05, 3.63) is 46.6 Å². The van der Waals surface area contributed by atoms with E-state index in [1.165, 1.54) is 16.7 Å². The summed E-state index contributed by atoms with van der Waals surface area (Å²) in [4.78, 5) is 4.17. The van der Waals surface area contributed by atoms with Crippen LogP contribution < -0.4 is 5.32 Å². The molecule has 4 heteroatoms. The molecule has 0 amide bonds. The van der Waals surface area contributed by atoms with E-state index in [1.807, 2.05) is 6.92 Å². The monoisotopic (exact) mass is 245 g/mol. The molecule has 0 fully saturated rings. The zero-order chi connectivity index (χ0) is 13.0. The van der Waals surface area contributed by atoms with Gasteiger partial charge < -0.3 is 9.84 Å². The second kappa shape index (κ2) is 5.78. The second-order valence-corrected chi connectivity index (χ2v) is 4.66. The normalized spacial score (nSPS) is 10.8. The fourth-order valence-corrected chi connectivity index (χ4v) is 2.04. The van der Waals surface area contributed by atoms with Gasteiger partial charge in [-0.1, -0.05) is 34.5 Å². The maximum Gasteiger partial charge on any atom is 0.227 e. The Morgan fingerprint density at radius 2 is 1.83 bits per heavy atom. The van der Waals surface area contributed by atoms with Gasteiger partial charge in [-0.15, -0.1) is 0 Å². The number of aryl methyl sites for hydroxylation is 3. The van der Waals surface area contributed by atoms with E-state index in [4.69, 9.17) is 4.52 Å². The van der Waals surface area contributed by atoms with Crippen LogP contribution >= 0.6 is 0 Å². The lowest BCUT2D eigenvalue weighted by atomic mass is 10.1. The van der Waals surface area contributed by atoms with Crippen molar-refractivity contribution in [2.75, 3.05) is 6.54 Å². The van der Waals surface area contributed by atoms with Crippen LogP contribution in [0, 0.1) is 20.8 Å². The first-order chi connectivity index (χ1) is 8.63. The SMILES string of the molecule is Cc1cc(C)cc(CNCCc2nc(C)no2)c1. The van der Waals surface area contributed by atoms with Gasteiger partial charge in [0.1, 0.15) is 0 Å². The molecular weight excluding hydrogens is 226 g/mol. The summed E-state index contributed by atoms with van der Waals surface area (Å²) in [5.41, 5.74) is 3.92. The van der Waals surface area contributed by atoms with Crippen molar-refractivity contribution in [1.29, 1.82) is 0 Å². The van der Waals surface area contributed by atoms with Crippen LogP contribution in [0.2, 0.25) is 0 Å². The molecule has 0 saturated carbocycles. The van der Waals surface area contributed by atoms with E-state index >= 15 is 0 Å². The van der Waals surface area contributed by atoms with Gasteiger partial charge in [-0.2, -0.15) is 4.98 Å². The van der Waals surface area contributed by atoms with Crippen molar-refractivity contribution in [3.8, 4) is 0 Å². The quantitative estimate of drug-likeness (QED) is 0.821. The molecule has 2 rings (SSSR count). The van der Waals surface area contributed by atoms with Gasteiger partial charge in [0.15, 0.2) is 5.82 Å². The van der Waals surface area contributed by atoms with Crippen molar-refractivity contribution < 1.29 is 4.52 Å². The molecule has 1 aromatic heterocycles. The fourth-order valence-electron chi connectivity index (χ4n) is 2.04. The lowest BCUT2D eigenvalue weighted by Gasteiger charge is -2.06. The van der Waals surface area contributed by atoms with Crippen LogP contribution in [0.3, 0.4) is 0 Å². The summed E-state index contributed by atoms with van der Waals surface area (Å²) in [6.45, 7) is 7.79. The Bertz CT molecular complexity index is 499. The first-order valence-corrected chi connectivity index (χ1v) is 6.20. The molecule has 18 heavy (non-hydrogen) atoms. The van der Waals surface area contributed by atoms with E-state index in [-0.39, 0.29) is 0 Å². The number of nitrogens with zero attached hydrogens (tertiary/aromatic N) is 2. The van der Waals surface area contributed by atoms with Crippen LogP contribution in [0.5, 0.6) is 0 Å². The molecule has 0 unspecified atom stereocenters. The summed E-state index contributed by atoms with van der Waals surface area (Å²) in [6, 6.07) is 6.60. The minimum atomic E-state index is 0.694. The summed E-state index contributed by atoms with van der Waals surface area (Å²) in [5, 5.41) is 7.15. The van der Waals surface area contributed by atoms with Crippen LogP contribution in [-0.4, -0.2) is 16.7 Å². The molecule has 0 atom stereocenters. The van der Waals surface area contributed by atoms with Gasteiger partial charge in [-0.3, -0.25) is 0 Å². The molecule has 1 N–H and O–H groups in total. The minimum Gasteiger partial charge on any atom is -0.339 e. The third-order valence-electron chi connectivity index (χ3n) is 2.70. The minimum absolute atomic E-state index is 0.694. The highest BCUT2D eigenvalue weighted by molar-refractivity contribution is 5.28. The summed E-state index contributed by atoms with van der Waals surface area (Å²) in [5.74, 6) is 1.39. The molecule has 0 aliphatic rings. The van der Waals surface area contributed by atoms with Gasteiger partial charge >= 0.3 is 0 Å². The summed E-state index contributed by atoms with van der Waals surface area (Å²) in [7, 11) is 0. The smallest absolute Gasteiger partial charge is 0.227 e. The van der Waals surface area contributed by atoms with Gasteiger partial charge in [0.05, 0.1) is 0 Å². The molecule has 4 nitrogen and oxygen atoms in total. The van der Waals surface area contributed by atoms with Gasteiger partial charge in [0.25, 0.3) is 0 Å². The molecule has 2 aromatic rings. The molecule has 0 spiro atoms. The van der Waals surface area contributed by atoms with Crippen molar-refractivity contribution in [3.63, 3.8) is 0 Å². The topological polar surface area (TPSA) is 51.0 Å². The Balaban J connectivity index is 1.78. The van der Waals surface area contributed by atoms with E-state index in [0.29, 0.717) is 11.7 Å². The van der Waals surface area contributed by atoms with Crippen LogP contribution in [0.25, 0.3) is 0 Å². The average molecular weight is 245 g/mol. The van der Waals surface area contributed by atoms with Crippen LogP contribution in [-0.2, 0) is 13.0 Å². The predicted molar refractivity (Wildman–Crippen MR) is 70.4 cm³/mol. The maximum atomic E-state index is 5.05. The molecule has 96 valence electrons. The van der Waals surface area contributed by atoms with Crippen molar-refractivity contribution in [2.24, 2.45) is 0 Å². The van der Waals surface area contributed by atoms with Crippen LogP contribution in [0.4, 0.5) is 0 Å². The van der Waals surface area contributed by atoms with Crippen LogP contribution in [0.1, 0.15) is 28.4 Å². The van der Waals surface area contributed by atoms with Gasteiger partial charge in [0.2, 0.25) is 5.89 Å². The Morgan fingerprint density at radius 3 is 2.44 bits per heavy atom. The van der Waals surface area contributed by atoms with E-state index in [9.17, 15) is 0 Å². The highest BCUT2D eigenvalue weighted by atomic mass is 16.5. The standard InChI is InChI=1S/C14H19N3O/c1-10-6-11(2)8-13(7-10)9-15-5-4-14-16-12(3)17-18-14/h6-8,15H,4-5,9H2,1-3H3. The Hall–Kier alpha value is -1.68. The van der Waals surface area contributed by atoms with E-state index in [1.54, 1.807) is 0 Å². The maximum absolute atomic E-state index is 5.05. The molecule has 0 saturated heterocycles. The molecule has 0 aliphatic carbocycles. The third-order valence-corrected chi connectivity index (χ3v) is 2.70. The Morgan fingerprint density at radius 1 is 1.11 bits per heavy atom. The van der Waals surface area contributed by atoms with Crippen molar-refractivity contribution in [2.45, 2.75) is 33.7 Å². The number of hydrogen-bond donors (Lipinski definition) is 1. The van der Waals surface area contributed by atoms with Gasteiger partial charge in [-0.05, 0) is 26.3 Å². The van der Waals surface area contributed by atoms with Crippen LogP contribution in [0.15, 0.2) is 22.7 Å². The molecule has 0 bridgehead atoms. The summed E-state index contributed by atoms with van der Waals surface area (Å²) < 4.78 is 5.05. The van der Waals surface area contributed by atoms with E-state index in [0.717, 1.165) is 19.5 Å². The van der Waals surface area contributed by atoms with Gasteiger partial charge in [0, 0.05) is 19.5 Å². The highest BCUT2D eigenvalue weighted by Gasteiger charge is 2.02. The number of rotatable bonds is 5. The molecule has 0 aliphatic heterocycles. The van der Waals surface area contributed by atoms with Gasteiger partial charge in [-0.25, -0.2) is 0 Å². The second-order valence-electron chi connectivity index (χ2n) is 4.66. The zero-order valence-corrected chi connectivity index (χ0v) is 11.2. The Labute approximate surface area is 107 Å². The number of aromatic nitrogens is 2. The predicted octanol–water partition coefficient (Wildman–Crippen LogP) is 2.33. The van der Waals surface area contributed by atoms with E-state index < -0.39 is 0 Å². The lowest BCUT2D eigenvalue weighted by molar-refractivity contribution is 0.372. The Kier molecular flexibility index (Phi) is 4.10. The largest absolute Gasteiger partial charge is 0.339 e. The summed E-state index contributed by atoms with van der Waals surface area (Å²) >= 11 is 0. The summed E-state index contributed by atoms with van der Waals surface area (Å²) in [6.07, 6.45) is 0.769. The number of benzene rings is 1. The van der Waals surface area contributed by atoms with Crippen molar-refractivity contribution >= 4 is 0 Å². The number of nitrogens with one attached hydrogen (secondary N) is 1. The third kappa shape index (κ3) is 3.67. The highest BCUT2D eigenvalue weighted by Crippen LogP contribution is 2.08. The zero-order valence-electron chi connectivity index (χ0n) is 11.2. The molecular formula is C14H19N3O. The fraction of sp³-hybridized carbons (Fsp3) is 0.429. The molecule has 1 aromatic carbocycles. The lowest BCUT2D eigenvalue weighted by Crippen LogP contribution is -2.17. The molecule has 1 heterocycles. The van der Waals surface area contributed by atoms with E-state index in [2.05, 4.69) is 47.5 Å².